The largest absolute Gasteiger partial charge is 0.396 e. The minimum absolute atomic E-state index is 0.0280. The molecule has 1 aromatic rings. The molecule has 0 radical (unpaired) electrons. The first-order valence-corrected chi connectivity index (χ1v) is 5.63. The number of unbranched alkanes of at least 4 members (excludes halogenated alkanes) is 1. The van der Waals surface area contributed by atoms with E-state index in [1.807, 2.05) is 0 Å². The molecule has 1 rings (SSSR count). The van der Waals surface area contributed by atoms with Crippen LogP contribution in [0.15, 0.2) is 6.07 Å². The van der Waals surface area contributed by atoms with E-state index in [1.54, 1.807) is 6.92 Å². The highest BCUT2D eigenvalue weighted by Gasteiger charge is 2.10. The Kier molecular flexibility index (Phi) is 5.62. The number of hydrogen-bond donors (Lipinski definition) is 3. The van der Waals surface area contributed by atoms with E-state index < -0.39 is 11.6 Å². The zero-order valence-corrected chi connectivity index (χ0v) is 9.76. The van der Waals surface area contributed by atoms with Gasteiger partial charge in [0.05, 0.1) is 0 Å². The number of aromatic nitrogens is 1. The number of hydrogen-bond acceptors (Lipinski definition) is 4. The fraction of sp³-hybridized carbons (Fsp3) is 0.545. The van der Waals surface area contributed by atoms with Crippen molar-refractivity contribution in [1.29, 1.82) is 0 Å². The molecule has 0 amide bonds. The van der Waals surface area contributed by atoms with Crippen LogP contribution in [0.25, 0.3) is 0 Å². The Morgan fingerprint density at radius 1 is 1.18 bits per heavy atom. The van der Waals surface area contributed by atoms with Gasteiger partial charge in [-0.05, 0) is 19.8 Å². The number of aliphatic hydroxyl groups excluding tert-OH is 1. The van der Waals surface area contributed by atoms with E-state index in [2.05, 4.69) is 15.6 Å². The predicted molar refractivity (Wildman–Crippen MR) is 63.1 cm³/mol. The van der Waals surface area contributed by atoms with Crippen LogP contribution in [0.5, 0.6) is 0 Å². The molecule has 0 spiro atoms. The Balaban J connectivity index is 2.66. The van der Waals surface area contributed by atoms with Gasteiger partial charge in [0.15, 0.2) is 23.3 Å². The molecule has 0 fully saturated rings. The molecule has 0 aromatic carbocycles. The third-order valence-electron chi connectivity index (χ3n) is 2.15. The maximum atomic E-state index is 13.3. The van der Waals surface area contributed by atoms with Crippen molar-refractivity contribution < 1.29 is 13.9 Å². The lowest BCUT2D eigenvalue weighted by Crippen LogP contribution is -2.10. The van der Waals surface area contributed by atoms with Gasteiger partial charge in [0, 0.05) is 25.8 Å². The summed E-state index contributed by atoms with van der Waals surface area (Å²) in [4.78, 5) is 3.82. The summed E-state index contributed by atoms with van der Waals surface area (Å²) < 4.78 is 26.6. The van der Waals surface area contributed by atoms with E-state index >= 15 is 0 Å². The smallest absolute Gasteiger partial charge is 0.168 e. The molecule has 0 atom stereocenters. The number of halogens is 2. The van der Waals surface area contributed by atoms with Crippen LogP contribution in [0.2, 0.25) is 0 Å². The molecule has 1 aromatic heterocycles. The number of nitrogens with one attached hydrogen (secondary N) is 2. The summed E-state index contributed by atoms with van der Waals surface area (Å²) in [6.45, 7) is 2.91. The molecule has 0 bridgehead atoms. The van der Waals surface area contributed by atoms with Crippen molar-refractivity contribution in [3.8, 4) is 0 Å². The molecule has 4 nitrogen and oxygen atoms in total. The molecule has 3 N–H and O–H groups in total. The molecule has 0 saturated heterocycles. The van der Waals surface area contributed by atoms with Crippen LogP contribution in [0.3, 0.4) is 0 Å². The molecule has 17 heavy (non-hydrogen) atoms. The number of anilines is 2. The van der Waals surface area contributed by atoms with Gasteiger partial charge in [0.25, 0.3) is 0 Å². The molecule has 6 heteroatoms. The van der Waals surface area contributed by atoms with Crippen molar-refractivity contribution in [2.24, 2.45) is 0 Å². The summed E-state index contributed by atoms with van der Waals surface area (Å²) in [5.74, 6) is -1.35. The topological polar surface area (TPSA) is 57.2 Å². The van der Waals surface area contributed by atoms with E-state index in [0.29, 0.717) is 25.9 Å². The minimum atomic E-state index is -0.715. The van der Waals surface area contributed by atoms with Crippen LogP contribution in [-0.4, -0.2) is 29.8 Å². The predicted octanol–water partition coefficient (Wildman–Crippen LogP) is 1.98. The van der Waals surface area contributed by atoms with E-state index in [0.717, 1.165) is 6.07 Å². The lowest BCUT2D eigenvalue weighted by atomic mass is 10.3. The first-order chi connectivity index (χ1) is 8.19. The van der Waals surface area contributed by atoms with Gasteiger partial charge in [-0.3, -0.25) is 0 Å². The molecule has 1 heterocycles. The number of pyridine rings is 1. The lowest BCUT2D eigenvalue weighted by Gasteiger charge is -2.09. The monoisotopic (exact) mass is 245 g/mol. The fourth-order valence-electron chi connectivity index (χ4n) is 1.33. The molecule has 0 aliphatic carbocycles. The van der Waals surface area contributed by atoms with Crippen molar-refractivity contribution in [2.75, 3.05) is 30.3 Å². The fourth-order valence-corrected chi connectivity index (χ4v) is 1.33. The summed E-state index contributed by atoms with van der Waals surface area (Å²) in [5.41, 5.74) is 0. The van der Waals surface area contributed by atoms with Crippen LogP contribution in [0.1, 0.15) is 19.8 Å². The zero-order valence-electron chi connectivity index (χ0n) is 9.76. The van der Waals surface area contributed by atoms with E-state index in [4.69, 9.17) is 5.11 Å². The molecule has 96 valence electrons. The highest BCUT2D eigenvalue weighted by molar-refractivity contribution is 5.47. The molecular formula is C11H17F2N3O. The summed E-state index contributed by atoms with van der Waals surface area (Å²) >= 11 is 0. The van der Waals surface area contributed by atoms with Crippen molar-refractivity contribution in [2.45, 2.75) is 19.8 Å². The first-order valence-electron chi connectivity index (χ1n) is 5.63. The van der Waals surface area contributed by atoms with Gasteiger partial charge < -0.3 is 15.7 Å². The SMILES string of the molecule is CCNc1nc(NCCCCO)c(F)cc1F. The molecule has 0 aliphatic heterocycles. The Morgan fingerprint density at radius 2 is 1.82 bits per heavy atom. The van der Waals surface area contributed by atoms with E-state index in [9.17, 15) is 8.78 Å². The third-order valence-corrected chi connectivity index (χ3v) is 2.15. The van der Waals surface area contributed by atoms with E-state index in [1.165, 1.54) is 0 Å². The molecule has 0 unspecified atom stereocenters. The zero-order chi connectivity index (χ0) is 12.7. The average molecular weight is 245 g/mol. The van der Waals surface area contributed by atoms with Crippen LogP contribution in [0, 0.1) is 11.6 Å². The van der Waals surface area contributed by atoms with Gasteiger partial charge in [-0.1, -0.05) is 0 Å². The maximum absolute atomic E-state index is 13.3. The standard InChI is InChI=1S/C11H17F2N3O/c1-2-14-10-8(12)7-9(13)11(16-10)15-5-3-4-6-17/h7,17H,2-6H2,1H3,(H2,14,15,16). The van der Waals surface area contributed by atoms with Gasteiger partial charge >= 0.3 is 0 Å². The first kappa shape index (κ1) is 13.6. The van der Waals surface area contributed by atoms with Crippen molar-refractivity contribution in [1.82, 2.24) is 4.98 Å². The van der Waals surface area contributed by atoms with Crippen LogP contribution in [-0.2, 0) is 0 Å². The number of rotatable bonds is 7. The van der Waals surface area contributed by atoms with Crippen molar-refractivity contribution in [3.05, 3.63) is 17.7 Å². The Bertz CT molecular complexity index is 361. The second-order valence-electron chi connectivity index (χ2n) is 3.54. The highest BCUT2D eigenvalue weighted by atomic mass is 19.1. The molecular weight excluding hydrogens is 228 g/mol. The van der Waals surface area contributed by atoms with Gasteiger partial charge in [0.1, 0.15) is 0 Å². The lowest BCUT2D eigenvalue weighted by molar-refractivity contribution is 0.286. The number of nitrogens with zero attached hydrogens (tertiary/aromatic N) is 1. The van der Waals surface area contributed by atoms with Gasteiger partial charge in [-0.15, -0.1) is 0 Å². The van der Waals surface area contributed by atoms with Crippen LogP contribution in [0.4, 0.5) is 20.4 Å². The quantitative estimate of drug-likeness (QED) is 0.643. The molecule has 0 aliphatic rings. The normalized spacial score (nSPS) is 10.4. The Hall–Kier alpha value is -1.43. The minimum Gasteiger partial charge on any atom is -0.396 e. The van der Waals surface area contributed by atoms with Crippen molar-refractivity contribution in [3.63, 3.8) is 0 Å². The average Bonchev–Trinajstić information content (AvgIpc) is 2.30. The molecule has 0 saturated carbocycles. The summed E-state index contributed by atoms with van der Waals surface area (Å²) in [5, 5.41) is 14.1. The third kappa shape index (κ3) is 4.14. The van der Waals surface area contributed by atoms with Gasteiger partial charge in [-0.25, -0.2) is 13.8 Å². The van der Waals surface area contributed by atoms with Gasteiger partial charge in [0.2, 0.25) is 0 Å². The highest BCUT2D eigenvalue weighted by Crippen LogP contribution is 2.18. The maximum Gasteiger partial charge on any atom is 0.168 e. The summed E-state index contributed by atoms with van der Waals surface area (Å²) in [6, 6.07) is 0.805. The Labute approximate surface area is 99.1 Å². The summed E-state index contributed by atoms with van der Waals surface area (Å²) in [6.07, 6.45) is 1.33. The van der Waals surface area contributed by atoms with Gasteiger partial charge in [-0.2, -0.15) is 0 Å². The second-order valence-corrected chi connectivity index (χ2v) is 3.54. The Morgan fingerprint density at radius 3 is 2.41 bits per heavy atom. The number of aliphatic hydroxyl groups is 1. The summed E-state index contributed by atoms with van der Waals surface area (Å²) in [7, 11) is 0. The van der Waals surface area contributed by atoms with Crippen molar-refractivity contribution >= 4 is 11.6 Å². The second kappa shape index (κ2) is 7.01. The van der Waals surface area contributed by atoms with E-state index in [-0.39, 0.29) is 18.2 Å². The van der Waals surface area contributed by atoms with Crippen LogP contribution < -0.4 is 10.6 Å². The van der Waals surface area contributed by atoms with Crippen LogP contribution >= 0.6 is 0 Å².